The van der Waals surface area contributed by atoms with Crippen LogP contribution in [-0.4, -0.2) is 56.0 Å². The summed E-state index contributed by atoms with van der Waals surface area (Å²) >= 11 is 0. The molecule has 2 aromatic carbocycles. The fourth-order valence-electron chi connectivity index (χ4n) is 4.98. The van der Waals surface area contributed by atoms with Crippen molar-refractivity contribution >= 4 is 44.2 Å². The number of anilines is 1. The predicted molar refractivity (Wildman–Crippen MR) is 139 cm³/mol. The van der Waals surface area contributed by atoms with Gasteiger partial charge in [0.15, 0.2) is 0 Å². The molecule has 0 aliphatic carbocycles. The van der Waals surface area contributed by atoms with Crippen molar-refractivity contribution in [3.05, 3.63) is 59.8 Å². The Labute approximate surface area is 206 Å². The summed E-state index contributed by atoms with van der Waals surface area (Å²) in [6.07, 6.45) is 4.01. The smallest absolute Gasteiger partial charge is 0.258 e. The lowest BCUT2D eigenvalue weighted by Gasteiger charge is -2.26. The minimum absolute atomic E-state index is 0.107. The van der Waals surface area contributed by atoms with E-state index < -0.39 is 10.0 Å². The van der Waals surface area contributed by atoms with E-state index >= 15 is 0 Å². The second-order valence-corrected chi connectivity index (χ2v) is 11.4. The largest absolute Gasteiger partial charge is 0.379 e. The molecule has 2 aliphatic heterocycles. The van der Waals surface area contributed by atoms with Crippen molar-refractivity contribution < 1.29 is 17.9 Å². The number of benzene rings is 2. The van der Waals surface area contributed by atoms with E-state index in [4.69, 9.17) is 4.74 Å². The van der Waals surface area contributed by atoms with Gasteiger partial charge in [0.1, 0.15) is 0 Å². The second-order valence-electron chi connectivity index (χ2n) is 9.45. The van der Waals surface area contributed by atoms with E-state index in [0.29, 0.717) is 49.9 Å². The zero-order chi connectivity index (χ0) is 24.7. The second kappa shape index (κ2) is 9.26. The van der Waals surface area contributed by atoms with Crippen LogP contribution < -0.4 is 4.90 Å². The number of morpholine rings is 1. The van der Waals surface area contributed by atoms with Crippen LogP contribution >= 0.6 is 0 Å². The molecule has 7 nitrogen and oxygen atoms in total. The Morgan fingerprint density at radius 2 is 1.83 bits per heavy atom. The molecule has 5 rings (SSSR count). The summed E-state index contributed by atoms with van der Waals surface area (Å²) in [5.41, 5.74) is 4.00. The van der Waals surface area contributed by atoms with Gasteiger partial charge in [-0.25, -0.2) is 8.42 Å². The number of carbonyl (C=O) groups is 1. The van der Waals surface area contributed by atoms with Gasteiger partial charge in [-0.1, -0.05) is 32.0 Å². The number of ether oxygens (including phenoxy) is 1. The summed E-state index contributed by atoms with van der Waals surface area (Å²) in [5.74, 6) is 0.368. The summed E-state index contributed by atoms with van der Waals surface area (Å²) in [7, 11) is -3.67. The maximum absolute atomic E-state index is 13.5. The van der Waals surface area contributed by atoms with Gasteiger partial charge in [0, 0.05) is 60.0 Å². The summed E-state index contributed by atoms with van der Waals surface area (Å²) in [4.78, 5) is 15.4. The zero-order valence-corrected chi connectivity index (χ0v) is 21.2. The summed E-state index contributed by atoms with van der Waals surface area (Å²) in [6, 6.07) is 13.2. The number of sulfonamides is 1. The number of hydrogen-bond acceptors (Lipinski definition) is 4. The number of likely N-dealkylation sites (N-methyl/N-ethyl adjacent to an activating group) is 1. The average molecular weight is 494 g/mol. The molecule has 1 aromatic heterocycles. The van der Waals surface area contributed by atoms with Gasteiger partial charge in [-0.3, -0.25) is 4.79 Å². The highest BCUT2D eigenvalue weighted by Crippen LogP contribution is 2.40. The topological polar surface area (TPSA) is 71.9 Å². The molecule has 1 saturated heterocycles. The van der Waals surface area contributed by atoms with Crippen molar-refractivity contribution in [3.8, 4) is 0 Å². The molecule has 8 heteroatoms. The Balaban J connectivity index is 1.63. The molecule has 0 bridgehead atoms. The van der Waals surface area contributed by atoms with Gasteiger partial charge < -0.3 is 14.2 Å². The molecule has 3 aromatic rings. The van der Waals surface area contributed by atoms with Crippen LogP contribution in [0.5, 0.6) is 0 Å². The van der Waals surface area contributed by atoms with Gasteiger partial charge in [-0.05, 0) is 43.2 Å². The molecule has 2 aliphatic rings. The highest BCUT2D eigenvalue weighted by atomic mass is 32.2. The first kappa shape index (κ1) is 23.8. The number of carbonyl (C=O) groups excluding carboxylic acids is 1. The molecule has 35 heavy (non-hydrogen) atoms. The highest BCUT2D eigenvalue weighted by Gasteiger charge is 2.34. The van der Waals surface area contributed by atoms with Crippen molar-refractivity contribution in [1.29, 1.82) is 0 Å². The third-order valence-electron chi connectivity index (χ3n) is 6.63. The molecule has 1 amide bonds. The quantitative estimate of drug-likeness (QED) is 0.482. The van der Waals surface area contributed by atoms with Crippen LogP contribution in [-0.2, 0) is 26.1 Å². The third-order valence-corrected chi connectivity index (χ3v) is 8.52. The molecule has 0 radical (unpaired) electrons. The third kappa shape index (κ3) is 4.20. The molecule has 0 N–H and O–H groups in total. The molecule has 184 valence electrons. The van der Waals surface area contributed by atoms with E-state index in [1.807, 2.05) is 25.1 Å². The fourth-order valence-corrected chi connectivity index (χ4v) is 6.41. The molecule has 0 unspecified atom stereocenters. The van der Waals surface area contributed by atoms with Gasteiger partial charge in [0.25, 0.3) is 5.91 Å². The molecule has 0 spiro atoms. The average Bonchev–Trinajstić information content (AvgIpc) is 3.33. The van der Waals surface area contributed by atoms with Crippen LogP contribution in [0.1, 0.15) is 31.9 Å². The summed E-state index contributed by atoms with van der Waals surface area (Å²) in [6.45, 7) is 9.10. The van der Waals surface area contributed by atoms with Gasteiger partial charge in [-0.2, -0.15) is 4.31 Å². The lowest BCUT2D eigenvalue weighted by Crippen LogP contribution is -2.40. The van der Waals surface area contributed by atoms with Crippen LogP contribution in [0, 0.1) is 5.92 Å². The van der Waals surface area contributed by atoms with Crippen LogP contribution in [0.15, 0.2) is 53.6 Å². The fraction of sp³-hybridized carbons (Fsp3) is 0.370. The van der Waals surface area contributed by atoms with Crippen molar-refractivity contribution in [2.24, 2.45) is 5.92 Å². The maximum Gasteiger partial charge on any atom is 0.258 e. The van der Waals surface area contributed by atoms with Gasteiger partial charge in [-0.15, -0.1) is 0 Å². The standard InChI is InChI=1S/C27H31N3O4S/c1-4-30-26-10-9-21(35(32,33)29-11-13-34-14-12-29)16-23(26)24(27(30)31)15-20-18-28(17-19(2)3)25-8-6-5-7-22(20)25/h5-10,15-16,18-19H,4,11-14,17H2,1-3H3. The molecular formula is C27H31N3O4S. The minimum Gasteiger partial charge on any atom is -0.379 e. The molecule has 1 fully saturated rings. The Bertz CT molecular complexity index is 1420. The van der Waals surface area contributed by atoms with Crippen LogP contribution in [0.25, 0.3) is 22.6 Å². The number of nitrogens with zero attached hydrogens (tertiary/aromatic N) is 3. The van der Waals surface area contributed by atoms with E-state index in [2.05, 4.69) is 36.7 Å². The number of aromatic nitrogens is 1. The van der Waals surface area contributed by atoms with Crippen molar-refractivity contribution in [2.45, 2.75) is 32.2 Å². The SMILES string of the molecule is CCN1C(=O)C(=Cc2cn(CC(C)C)c3ccccc23)c2cc(S(=O)(=O)N3CCOCC3)ccc21. The lowest BCUT2D eigenvalue weighted by atomic mass is 10.0. The van der Waals surface area contributed by atoms with E-state index in [1.54, 1.807) is 23.1 Å². The Hall–Kier alpha value is -2.94. The van der Waals surface area contributed by atoms with E-state index in [1.165, 1.54) is 4.31 Å². The Morgan fingerprint density at radius 3 is 2.54 bits per heavy atom. The Morgan fingerprint density at radius 1 is 1.09 bits per heavy atom. The van der Waals surface area contributed by atoms with Gasteiger partial charge >= 0.3 is 0 Å². The van der Waals surface area contributed by atoms with E-state index in [-0.39, 0.29) is 10.8 Å². The van der Waals surface area contributed by atoms with Crippen LogP contribution in [0.4, 0.5) is 5.69 Å². The van der Waals surface area contributed by atoms with Crippen LogP contribution in [0.2, 0.25) is 0 Å². The number of amides is 1. The minimum atomic E-state index is -3.67. The highest BCUT2D eigenvalue weighted by molar-refractivity contribution is 7.89. The van der Waals surface area contributed by atoms with Crippen LogP contribution in [0.3, 0.4) is 0 Å². The summed E-state index contributed by atoms with van der Waals surface area (Å²) in [5, 5.41) is 1.07. The molecule has 3 heterocycles. The number of para-hydroxylation sites is 1. The molecule has 0 saturated carbocycles. The molecular weight excluding hydrogens is 462 g/mol. The summed E-state index contributed by atoms with van der Waals surface area (Å²) < 4.78 is 35.6. The molecule has 0 atom stereocenters. The lowest BCUT2D eigenvalue weighted by molar-refractivity contribution is -0.112. The van der Waals surface area contributed by atoms with Gasteiger partial charge in [0.2, 0.25) is 10.0 Å². The van der Waals surface area contributed by atoms with Crippen molar-refractivity contribution in [3.63, 3.8) is 0 Å². The number of hydrogen-bond donors (Lipinski definition) is 0. The van der Waals surface area contributed by atoms with Crippen molar-refractivity contribution in [1.82, 2.24) is 8.87 Å². The monoisotopic (exact) mass is 493 g/mol. The first-order valence-corrected chi connectivity index (χ1v) is 13.6. The van der Waals surface area contributed by atoms with E-state index in [9.17, 15) is 13.2 Å². The van der Waals surface area contributed by atoms with Crippen molar-refractivity contribution in [2.75, 3.05) is 37.7 Å². The first-order chi connectivity index (χ1) is 16.8. The zero-order valence-electron chi connectivity index (χ0n) is 20.4. The first-order valence-electron chi connectivity index (χ1n) is 12.1. The normalized spacial score (nSPS) is 18.2. The van der Waals surface area contributed by atoms with Gasteiger partial charge in [0.05, 0.1) is 23.8 Å². The van der Waals surface area contributed by atoms with E-state index in [0.717, 1.165) is 28.7 Å². The predicted octanol–water partition coefficient (Wildman–Crippen LogP) is 4.23. The number of rotatable bonds is 6. The number of fused-ring (bicyclic) bond motifs is 2. The maximum atomic E-state index is 13.5. The Kier molecular flexibility index (Phi) is 6.29.